The zero-order valence-electron chi connectivity index (χ0n) is 60.7. The summed E-state index contributed by atoms with van der Waals surface area (Å²) in [7, 11) is 0. The topological polar surface area (TPSA) is 54.0 Å². The second-order valence-corrected chi connectivity index (χ2v) is 31.7. The first kappa shape index (κ1) is 69.5. The number of nitrogens with zero attached hydrogens (tertiary/aromatic N) is 4. The fourth-order valence-corrected chi connectivity index (χ4v) is 14.9. The standard InChI is InChI=1S/C88H108N4.Pt/c1-21-29-53-41-67-71(45-57(53)33-25-5)81-79(61-37-63(85(9,10)11)49-64(38-61)86(12,13)14)82-73-47-59(35-27-7)55(31-23-3)43-69(73)77(91-82)52-78-70-44-56(32-24-4)60(36-28-8)48-74(70)84(92-78)80(62-39-65(87(15,16)17)50-66(40-62)88(18,19)20)83-72-46-58(34-26-6)54(30-22-2)42-68(72)76(90-83)51-75(67)89-81;/h37-52H,21-36H2,1-20H3;/q-2;+2. The van der Waals surface area contributed by atoms with Crippen molar-refractivity contribution < 1.29 is 21.1 Å². The summed E-state index contributed by atoms with van der Waals surface area (Å²) in [5.74, 6) is 0. The molecule has 0 amide bonds. The SMILES string of the molecule is CCCc1cc2c(cc1CCC)-c1nc-2cc2[n-]c(c(-c3cc(C(C)(C)C)cc(C(C)(C)C)c3)c3nc(cc4[n-]c(c1-c1cc(C(C)(C)C)cc(C(C)(C)C)c1)c1cc(CCC)c(CCC)cc41)-c1cc(CCC)c(CCC)cc1-3)c1cc(CCC)c(CCC)cc21.[Pt+2]. The van der Waals surface area contributed by atoms with Crippen LogP contribution in [-0.4, -0.2) is 9.97 Å². The average Bonchev–Trinajstić information content (AvgIpc) is 1.59. The number of aryl methyl sites for hydroxylation is 8. The quantitative estimate of drug-likeness (QED) is 0.0859. The van der Waals surface area contributed by atoms with E-state index in [-0.39, 0.29) is 42.7 Å². The molecule has 0 N–H and O–H groups in total. The number of aromatic nitrogens is 4. The van der Waals surface area contributed by atoms with E-state index in [1.165, 1.54) is 111 Å². The number of benzene rings is 6. The Morgan fingerprint density at radius 2 is 0.516 bits per heavy atom. The van der Waals surface area contributed by atoms with Crippen molar-refractivity contribution in [1.82, 2.24) is 19.9 Å². The van der Waals surface area contributed by atoms with Gasteiger partial charge in [-0.2, -0.15) is 0 Å². The van der Waals surface area contributed by atoms with Crippen molar-refractivity contribution in [2.24, 2.45) is 0 Å². The molecule has 5 heteroatoms. The molecule has 5 heterocycles. The van der Waals surface area contributed by atoms with E-state index < -0.39 is 0 Å². The minimum atomic E-state index is -0.133. The number of hydrogen-bond acceptors (Lipinski definition) is 2. The van der Waals surface area contributed by atoms with Crippen molar-refractivity contribution in [2.45, 2.75) is 263 Å². The van der Waals surface area contributed by atoms with Crippen molar-refractivity contribution in [3.63, 3.8) is 0 Å². The Kier molecular flexibility index (Phi) is 20.5. The molecule has 0 spiro atoms. The van der Waals surface area contributed by atoms with Crippen molar-refractivity contribution in [1.29, 1.82) is 0 Å². The minimum Gasteiger partial charge on any atom is -0.656 e. The van der Waals surface area contributed by atoms with Crippen LogP contribution >= 0.6 is 0 Å². The van der Waals surface area contributed by atoms with E-state index in [1.54, 1.807) is 0 Å². The monoisotopic (exact) mass is 1420 g/mol. The van der Waals surface area contributed by atoms with Crippen LogP contribution < -0.4 is 9.97 Å². The fraction of sp³-hybridized carbons (Fsp3) is 0.455. The first-order chi connectivity index (χ1) is 43.7. The molecule has 0 saturated heterocycles. The summed E-state index contributed by atoms with van der Waals surface area (Å²) < 4.78 is 0. The first-order valence-corrected chi connectivity index (χ1v) is 36.0. The van der Waals surface area contributed by atoms with Gasteiger partial charge in [-0.15, -0.1) is 22.1 Å². The Morgan fingerprint density at radius 1 is 0.280 bits per heavy atom. The van der Waals surface area contributed by atoms with Crippen LogP contribution in [0.15, 0.2) is 97.1 Å². The van der Waals surface area contributed by atoms with Gasteiger partial charge in [0, 0.05) is 22.3 Å². The van der Waals surface area contributed by atoms with Gasteiger partial charge in [0.15, 0.2) is 0 Å². The molecule has 8 bridgehead atoms. The molecular weight excluding hydrogens is 1310 g/mol. The first-order valence-electron chi connectivity index (χ1n) is 36.0. The normalized spacial score (nSPS) is 12.7. The van der Waals surface area contributed by atoms with Gasteiger partial charge < -0.3 is 9.97 Å². The van der Waals surface area contributed by atoms with Crippen LogP contribution in [0.1, 0.15) is 257 Å². The molecule has 0 radical (unpaired) electrons. The van der Waals surface area contributed by atoms with Gasteiger partial charge in [0.2, 0.25) is 0 Å². The van der Waals surface area contributed by atoms with Crippen molar-refractivity contribution in [3.8, 4) is 67.3 Å². The molecule has 0 unspecified atom stereocenters. The Hall–Kier alpha value is -6.35. The van der Waals surface area contributed by atoms with Crippen LogP contribution in [0.5, 0.6) is 0 Å². The van der Waals surface area contributed by atoms with Gasteiger partial charge >= 0.3 is 21.1 Å². The summed E-state index contributed by atoms with van der Waals surface area (Å²) >= 11 is 0. The van der Waals surface area contributed by atoms with E-state index >= 15 is 0 Å². The molecule has 2 aliphatic rings. The van der Waals surface area contributed by atoms with Gasteiger partial charge in [0.1, 0.15) is 0 Å². The van der Waals surface area contributed by atoms with E-state index in [4.69, 9.17) is 19.9 Å². The molecule has 11 rings (SSSR count). The Bertz CT molecular complexity index is 4120. The molecule has 9 aromatic rings. The van der Waals surface area contributed by atoms with Crippen LogP contribution in [0.3, 0.4) is 0 Å². The van der Waals surface area contributed by atoms with Crippen molar-refractivity contribution >= 4 is 43.6 Å². The second-order valence-electron chi connectivity index (χ2n) is 31.7. The Labute approximate surface area is 574 Å². The molecular formula is C88H108N4Pt. The predicted octanol–water partition coefficient (Wildman–Crippen LogP) is 24.7. The average molecular weight is 1420 g/mol. The third-order valence-corrected chi connectivity index (χ3v) is 20.0. The summed E-state index contributed by atoms with van der Waals surface area (Å²) in [6.07, 6.45) is 16.5. The zero-order chi connectivity index (χ0) is 65.9. The fourth-order valence-electron chi connectivity index (χ4n) is 14.9. The molecule has 0 saturated carbocycles. The maximum Gasteiger partial charge on any atom is 2.00 e. The second kappa shape index (κ2) is 27.4. The maximum atomic E-state index is 6.22. The third kappa shape index (κ3) is 13.6. The van der Waals surface area contributed by atoms with E-state index in [1.807, 2.05) is 0 Å². The molecule has 93 heavy (non-hydrogen) atoms. The molecule has 4 nitrogen and oxygen atoms in total. The molecule has 0 fully saturated rings. The Morgan fingerprint density at radius 3 is 0.763 bits per heavy atom. The molecule has 0 atom stereocenters. The van der Waals surface area contributed by atoms with Crippen molar-refractivity contribution in [3.05, 3.63) is 164 Å². The summed E-state index contributed by atoms with van der Waals surface area (Å²) in [4.78, 5) is 24.9. The molecule has 2 aliphatic heterocycles. The zero-order valence-corrected chi connectivity index (χ0v) is 62.9. The third-order valence-electron chi connectivity index (χ3n) is 20.0. The molecule has 6 aromatic carbocycles. The summed E-state index contributed by atoms with van der Waals surface area (Å²) in [5.41, 5.74) is 33.1. The van der Waals surface area contributed by atoms with Crippen LogP contribution in [0.25, 0.3) is 111 Å². The van der Waals surface area contributed by atoms with Gasteiger partial charge in [-0.3, -0.25) is 0 Å². The Balaban J connectivity index is 0.00000946. The number of rotatable bonds is 18. The van der Waals surface area contributed by atoms with Gasteiger partial charge in [-0.05, 0) is 220 Å². The number of hydrogen-bond donors (Lipinski definition) is 0. The summed E-state index contributed by atoms with van der Waals surface area (Å²) in [6, 6.07) is 40.1. The van der Waals surface area contributed by atoms with Crippen LogP contribution in [0, 0.1) is 0 Å². The van der Waals surface area contributed by atoms with Crippen LogP contribution in [0.4, 0.5) is 0 Å². The summed E-state index contributed by atoms with van der Waals surface area (Å²) in [6.45, 7) is 47.0. The predicted molar refractivity (Wildman–Crippen MR) is 400 cm³/mol. The van der Waals surface area contributed by atoms with Gasteiger partial charge in [0.25, 0.3) is 0 Å². The van der Waals surface area contributed by atoms with E-state index in [0.29, 0.717) is 0 Å². The van der Waals surface area contributed by atoms with Gasteiger partial charge in [-0.1, -0.05) is 251 Å². The van der Waals surface area contributed by atoms with Gasteiger partial charge in [-0.25, -0.2) is 9.97 Å². The smallest absolute Gasteiger partial charge is 0.656 e. The molecule has 3 aromatic heterocycles. The largest absolute Gasteiger partial charge is 2.00 e. The summed E-state index contributed by atoms with van der Waals surface area (Å²) in [5, 5.41) is 4.73. The van der Waals surface area contributed by atoms with E-state index in [0.717, 1.165) is 170 Å². The van der Waals surface area contributed by atoms with Gasteiger partial charge in [0.05, 0.1) is 22.8 Å². The van der Waals surface area contributed by atoms with Crippen LogP contribution in [0.2, 0.25) is 0 Å². The molecule has 0 aliphatic carbocycles. The molecule has 490 valence electrons. The van der Waals surface area contributed by atoms with E-state index in [9.17, 15) is 0 Å². The maximum absolute atomic E-state index is 6.22. The van der Waals surface area contributed by atoms with Crippen molar-refractivity contribution in [2.75, 3.05) is 0 Å². The van der Waals surface area contributed by atoms with E-state index in [2.05, 4.69) is 236 Å². The van der Waals surface area contributed by atoms with Crippen LogP contribution in [-0.2, 0) is 94.1 Å². The number of fused-ring (bicyclic) bond motifs is 20. The minimum absolute atomic E-state index is 0.